The highest BCUT2D eigenvalue weighted by Crippen LogP contribution is 2.36. The Balaban J connectivity index is 1.64. The molecule has 1 aromatic heterocycles. The van der Waals surface area contributed by atoms with E-state index in [-0.39, 0.29) is 22.1 Å². The number of aromatic nitrogens is 1. The smallest absolute Gasteiger partial charge is 0.263 e. The van der Waals surface area contributed by atoms with Crippen LogP contribution in [0.5, 0.6) is 0 Å². The molecule has 1 saturated carbocycles. The standard InChI is InChI=1S/C23H22N2O3S/c1-16-14-21(22(26)19-6-3-2-4-7-19)23(24-15-16)25-29(27,28)20-12-10-18(11-13-20)17-8-5-9-17/h2-4,6-7,10-15,17H,5,8-9H2,1H3,(H,24,25). The zero-order valence-electron chi connectivity index (χ0n) is 16.1. The topological polar surface area (TPSA) is 76.1 Å². The van der Waals surface area contributed by atoms with Gasteiger partial charge in [-0.05, 0) is 55.0 Å². The molecule has 1 fully saturated rings. The largest absolute Gasteiger partial charge is 0.288 e. The van der Waals surface area contributed by atoms with Crippen molar-refractivity contribution in [3.05, 3.63) is 89.1 Å². The van der Waals surface area contributed by atoms with Crippen LogP contribution < -0.4 is 4.72 Å². The molecular weight excluding hydrogens is 384 g/mol. The number of hydrogen-bond acceptors (Lipinski definition) is 4. The van der Waals surface area contributed by atoms with Gasteiger partial charge in [0.2, 0.25) is 0 Å². The van der Waals surface area contributed by atoms with Crippen molar-refractivity contribution in [2.75, 3.05) is 4.72 Å². The Morgan fingerprint density at radius 3 is 2.34 bits per heavy atom. The molecule has 5 nitrogen and oxygen atoms in total. The van der Waals surface area contributed by atoms with Crippen LogP contribution in [-0.2, 0) is 10.0 Å². The van der Waals surface area contributed by atoms with Gasteiger partial charge in [-0.3, -0.25) is 9.52 Å². The number of ketones is 1. The van der Waals surface area contributed by atoms with Crippen LogP contribution in [0.4, 0.5) is 5.82 Å². The Morgan fingerprint density at radius 2 is 1.72 bits per heavy atom. The van der Waals surface area contributed by atoms with E-state index < -0.39 is 10.0 Å². The summed E-state index contributed by atoms with van der Waals surface area (Å²) in [5.41, 5.74) is 2.65. The molecule has 1 N–H and O–H groups in total. The predicted molar refractivity (Wildman–Crippen MR) is 113 cm³/mol. The quantitative estimate of drug-likeness (QED) is 0.603. The minimum atomic E-state index is -3.86. The summed E-state index contributed by atoms with van der Waals surface area (Å²) in [6.45, 7) is 1.81. The highest BCUT2D eigenvalue weighted by molar-refractivity contribution is 7.92. The van der Waals surface area contributed by atoms with Crippen LogP contribution in [0.15, 0.2) is 71.8 Å². The van der Waals surface area contributed by atoms with Gasteiger partial charge in [0.05, 0.1) is 10.5 Å². The van der Waals surface area contributed by atoms with Gasteiger partial charge in [0.15, 0.2) is 11.6 Å². The van der Waals surface area contributed by atoms with Gasteiger partial charge in [0, 0.05) is 11.8 Å². The maximum absolute atomic E-state index is 12.9. The molecule has 29 heavy (non-hydrogen) atoms. The summed E-state index contributed by atoms with van der Waals surface area (Å²) in [6.07, 6.45) is 5.08. The van der Waals surface area contributed by atoms with E-state index >= 15 is 0 Å². The average molecular weight is 407 g/mol. The number of nitrogens with one attached hydrogen (secondary N) is 1. The second kappa shape index (κ2) is 7.79. The number of rotatable bonds is 6. The number of carbonyl (C=O) groups excluding carboxylic acids is 1. The van der Waals surface area contributed by atoms with Crippen LogP contribution in [0, 0.1) is 6.92 Å². The number of sulfonamides is 1. The molecule has 0 atom stereocenters. The van der Waals surface area contributed by atoms with Gasteiger partial charge < -0.3 is 0 Å². The molecule has 0 radical (unpaired) electrons. The Kier molecular flexibility index (Phi) is 5.20. The molecule has 0 aliphatic heterocycles. The summed E-state index contributed by atoms with van der Waals surface area (Å²) in [7, 11) is -3.86. The molecule has 4 rings (SSSR count). The van der Waals surface area contributed by atoms with E-state index in [0.29, 0.717) is 11.5 Å². The minimum Gasteiger partial charge on any atom is -0.288 e. The number of carbonyl (C=O) groups is 1. The number of pyridine rings is 1. The predicted octanol–water partition coefficient (Wildman–Crippen LogP) is 4.69. The van der Waals surface area contributed by atoms with Gasteiger partial charge >= 0.3 is 0 Å². The second-order valence-electron chi connectivity index (χ2n) is 7.41. The van der Waals surface area contributed by atoms with Gasteiger partial charge in [-0.1, -0.05) is 48.9 Å². The molecule has 0 saturated heterocycles. The van der Waals surface area contributed by atoms with Crippen molar-refractivity contribution in [2.24, 2.45) is 0 Å². The number of anilines is 1. The number of nitrogens with zero attached hydrogens (tertiary/aromatic N) is 1. The summed E-state index contributed by atoms with van der Waals surface area (Å²) >= 11 is 0. The molecule has 1 aliphatic rings. The van der Waals surface area contributed by atoms with Gasteiger partial charge in [0.1, 0.15) is 0 Å². The normalized spacial score (nSPS) is 14.2. The van der Waals surface area contributed by atoms with Crippen molar-refractivity contribution in [3.8, 4) is 0 Å². The first-order valence-electron chi connectivity index (χ1n) is 9.63. The number of benzene rings is 2. The third-order valence-electron chi connectivity index (χ3n) is 5.30. The maximum Gasteiger partial charge on any atom is 0.263 e. The van der Waals surface area contributed by atoms with Crippen molar-refractivity contribution in [1.82, 2.24) is 4.98 Å². The monoisotopic (exact) mass is 406 g/mol. The lowest BCUT2D eigenvalue weighted by Gasteiger charge is -2.25. The lowest BCUT2D eigenvalue weighted by atomic mass is 9.80. The molecule has 0 amide bonds. The minimum absolute atomic E-state index is 0.0347. The van der Waals surface area contributed by atoms with E-state index in [4.69, 9.17) is 0 Å². The Labute approximate surface area is 170 Å². The van der Waals surface area contributed by atoms with Gasteiger partial charge in [0.25, 0.3) is 10.0 Å². The highest BCUT2D eigenvalue weighted by Gasteiger charge is 2.23. The Morgan fingerprint density at radius 1 is 1.03 bits per heavy atom. The lowest BCUT2D eigenvalue weighted by Crippen LogP contribution is -2.17. The molecular formula is C23H22N2O3S. The fourth-order valence-corrected chi connectivity index (χ4v) is 4.45. The Hall–Kier alpha value is -2.99. The van der Waals surface area contributed by atoms with Crippen molar-refractivity contribution >= 4 is 21.6 Å². The van der Waals surface area contributed by atoms with E-state index in [0.717, 1.165) is 18.4 Å². The van der Waals surface area contributed by atoms with Gasteiger partial charge in [-0.15, -0.1) is 0 Å². The van der Waals surface area contributed by atoms with E-state index in [9.17, 15) is 13.2 Å². The van der Waals surface area contributed by atoms with Crippen LogP contribution in [0.1, 0.15) is 52.2 Å². The molecule has 6 heteroatoms. The van der Waals surface area contributed by atoms with Crippen LogP contribution in [-0.4, -0.2) is 19.2 Å². The zero-order valence-corrected chi connectivity index (χ0v) is 16.9. The highest BCUT2D eigenvalue weighted by atomic mass is 32.2. The fraction of sp³-hybridized carbons (Fsp3) is 0.217. The second-order valence-corrected chi connectivity index (χ2v) is 9.09. The molecule has 1 heterocycles. The molecule has 3 aromatic rings. The van der Waals surface area contributed by atoms with E-state index in [2.05, 4.69) is 9.71 Å². The van der Waals surface area contributed by atoms with E-state index in [1.54, 1.807) is 48.7 Å². The fourth-order valence-electron chi connectivity index (χ4n) is 3.42. The summed E-state index contributed by atoms with van der Waals surface area (Å²) in [5, 5.41) is 0. The molecule has 1 aliphatic carbocycles. The molecule has 148 valence electrons. The third-order valence-corrected chi connectivity index (χ3v) is 6.66. The zero-order chi connectivity index (χ0) is 20.4. The first kappa shape index (κ1) is 19.3. The van der Waals surface area contributed by atoms with E-state index in [1.807, 2.05) is 25.1 Å². The SMILES string of the molecule is Cc1cnc(NS(=O)(=O)c2ccc(C3CCC3)cc2)c(C(=O)c2ccccc2)c1. The summed E-state index contributed by atoms with van der Waals surface area (Å²) in [4.78, 5) is 17.3. The maximum atomic E-state index is 12.9. The van der Waals surface area contributed by atoms with Crippen LogP contribution in [0.3, 0.4) is 0 Å². The molecule has 0 unspecified atom stereocenters. The molecule has 0 spiro atoms. The number of hydrogen-bond donors (Lipinski definition) is 1. The first-order valence-corrected chi connectivity index (χ1v) is 11.1. The van der Waals surface area contributed by atoms with Crippen LogP contribution in [0.25, 0.3) is 0 Å². The van der Waals surface area contributed by atoms with Crippen molar-refractivity contribution in [2.45, 2.75) is 37.0 Å². The summed E-state index contributed by atoms with van der Waals surface area (Å²) in [5.74, 6) is 0.293. The van der Waals surface area contributed by atoms with Gasteiger partial charge in [-0.2, -0.15) is 0 Å². The average Bonchev–Trinajstić information content (AvgIpc) is 2.68. The number of aryl methyl sites for hydroxylation is 1. The summed E-state index contributed by atoms with van der Waals surface area (Å²) in [6, 6.07) is 17.4. The van der Waals surface area contributed by atoms with Crippen molar-refractivity contribution < 1.29 is 13.2 Å². The summed E-state index contributed by atoms with van der Waals surface area (Å²) < 4.78 is 28.3. The van der Waals surface area contributed by atoms with E-state index in [1.165, 1.54) is 12.0 Å². The Bertz CT molecular complexity index is 1140. The van der Waals surface area contributed by atoms with Crippen LogP contribution >= 0.6 is 0 Å². The molecule has 0 bridgehead atoms. The molecule has 2 aromatic carbocycles. The van der Waals surface area contributed by atoms with Crippen molar-refractivity contribution in [3.63, 3.8) is 0 Å². The van der Waals surface area contributed by atoms with Crippen molar-refractivity contribution in [1.29, 1.82) is 0 Å². The van der Waals surface area contributed by atoms with Gasteiger partial charge in [-0.25, -0.2) is 13.4 Å². The first-order chi connectivity index (χ1) is 13.9. The third kappa shape index (κ3) is 4.07. The lowest BCUT2D eigenvalue weighted by molar-refractivity contribution is 0.103. The van der Waals surface area contributed by atoms with Crippen LogP contribution in [0.2, 0.25) is 0 Å².